The SMILES string of the molecule is CCOC(=C1CC1)N1CC[C@@H](N=[N+]=[N-])[C@H](O)C1. The van der Waals surface area contributed by atoms with E-state index in [9.17, 15) is 5.11 Å². The molecule has 0 aromatic carbocycles. The molecule has 17 heavy (non-hydrogen) atoms. The summed E-state index contributed by atoms with van der Waals surface area (Å²) in [4.78, 5) is 4.84. The minimum absolute atomic E-state index is 0.302. The van der Waals surface area contributed by atoms with Gasteiger partial charge in [-0.3, -0.25) is 0 Å². The normalized spacial score (nSPS) is 27.4. The Hall–Kier alpha value is -1.39. The van der Waals surface area contributed by atoms with E-state index in [0.29, 0.717) is 19.6 Å². The molecule has 6 heteroatoms. The molecule has 0 unspecified atom stereocenters. The summed E-state index contributed by atoms with van der Waals surface area (Å²) in [6.45, 7) is 3.87. The topological polar surface area (TPSA) is 81.5 Å². The number of azide groups is 1. The molecule has 6 nitrogen and oxygen atoms in total. The summed E-state index contributed by atoms with van der Waals surface area (Å²) in [5.74, 6) is 0.936. The maximum atomic E-state index is 9.91. The van der Waals surface area contributed by atoms with E-state index in [1.54, 1.807) is 0 Å². The molecule has 1 heterocycles. The fraction of sp³-hybridized carbons (Fsp3) is 0.818. The Labute approximate surface area is 100 Å². The van der Waals surface area contributed by atoms with E-state index in [4.69, 9.17) is 10.3 Å². The number of aliphatic hydroxyl groups excluding tert-OH is 1. The molecule has 2 atom stereocenters. The molecule has 1 N–H and O–H groups in total. The number of ether oxygens (including phenoxy) is 1. The van der Waals surface area contributed by atoms with Gasteiger partial charge in [0.15, 0.2) is 5.88 Å². The van der Waals surface area contributed by atoms with Gasteiger partial charge in [0.1, 0.15) is 0 Å². The molecule has 2 fully saturated rings. The third kappa shape index (κ3) is 2.84. The van der Waals surface area contributed by atoms with Crippen LogP contribution in [-0.2, 0) is 4.74 Å². The monoisotopic (exact) mass is 238 g/mol. The Morgan fingerprint density at radius 3 is 2.94 bits per heavy atom. The second-order valence-electron chi connectivity index (χ2n) is 4.42. The molecular formula is C11H18N4O2. The number of hydrogen-bond acceptors (Lipinski definition) is 4. The highest BCUT2D eigenvalue weighted by molar-refractivity contribution is 5.21. The molecule has 0 aromatic rings. The van der Waals surface area contributed by atoms with Crippen LogP contribution in [0.4, 0.5) is 0 Å². The minimum Gasteiger partial charge on any atom is -0.479 e. The van der Waals surface area contributed by atoms with E-state index in [1.165, 1.54) is 5.57 Å². The third-order valence-corrected chi connectivity index (χ3v) is 3.12. The Morgan fingerprint density at radius 2 is 2.41 bits per heavy atom. The van der Waals surface area contributed by atoms with Crippen LogP contribution < -0.4 is 0 Å². The van der Waals surface area contributed by atoms with Crippen molar-refractivity contribution >= 4 is 0 Å². The van der Waals surface area contributed by atoms with Gasteiger partial charge in [0.25, 0.3) is 0 Å². The van der Waals surface area contributed by atoms with Crippen molar-refractivity contribution in [1.82, 2.24) is 4.90 Å². The Balaban J connectivity index is 2.01. The van der Waals surface area contributed by atoms with Gasteiger partial charge in [0, 0.05) is 18.0 Å². The van der Waals surface area contributed by atoms with Crippen molar-refractivity contribution in [3.63, 3.8) is 0 Å². The molecule has 94 valence electrons. The van der Waals surface area contributed by atoms with Crippen LogP contribution in [0.1, 0.15) is 26.2 Å². The predicted molar refractivity (Wildman–Crippen MR) is 63.0 cm³/mol. The Morgan fingerprint density at radius 1 is 1.65 bits per heavy atom. The second kappa shape index (κ2) is 5.29. The average molecular weight is 238 g/mol. The third-order valence-electron chi connectivity index (χ3n) is 3.12. The van der Waals surface area contributed by atoms with Gasteiger partial charge in [-0.25, -0.2) is 0 Å². The average Bonchev–Trinajstić information content (AvgIpc) is 3.13. The molecule has 0 spiro atoms. The van der Waals surface area contributed by atoms with E-state index < -0.39 is 6.10 Å². The van der Waals surface area contributed by atoms with Crippen LogP contribution in [0.3, 0.4) is 0 Å². The number of likely N-dealkylation sites (tertiary alicyclic amines) is 1. The first kappa shape index (κ1) is 12.1. The lowest BCUT2D eigenvalue weighted by Gasteiger charge is -2.36. The standard InChI is InChI=1S/C11H18N4O2/c1-2-17-11(8-3-4-8)15-6-5-9(13-14-12)10(16)7-15/h9-10,16H,2-7H2,1H3/t9-,10-/m1/s1. The van der Waals surface area contributed by atoms with Crippen molar-refractivity contribution in [2.24, 2.45) is 5.11 Å². The van der Waals surface area contributed by atoms with Crippen molar-refractivity contribution in [1.29, 1.82) is 0 Å². The van der Waals surface area contributed by atoms with E-state index in [2.05, 4.69) is 14.9 Å². The van der Waals surface area contributed by atoms with Gasteiger partial charge in [-0.2, -0.15) is 0 Å². The zero-order valence-corrected chi connectivity index (χ0v) is 10.0. The van der Waals surface area contributed by atoms with E-state index in [1.807, 2.05) is 6.92 Å². The molecule has 0 radical (unpaired) electrons. The predicted octanol–water partition coefficient (Wildman–Crippen LogP) is 1.77. The summed E-state index contributed by atoms with van der Waals surface area (Å²) in [5, 5.41) is 13.5. The molecule has 0 amide bonds. The molecule has 1 saturated heterocycles. The van der Waals surface area contributed by atoms with Crippen LogP contribution in [0, 0.1) is 0 Å². The fourth-order valence-corrected chi connectivity index (χ4v) is 2.13. The maximum Gasteiger partial charge on any atom is 0.188 e. The molecule has 1 saturated carbocycles. The Kier molecular flexibility index (Phi) is 3.76. The van der Waals surface area contributed by atoms with Crippen molar-refractivity contribution in [3.8, 4) is 0 Å². The van der Waals surface area contributed by atoms with Gasteiger partial charge < -0.3 is 14.7 Å². The maximum absolute atomic E-state index is 9.91. The summed E-state index contributed by atoms with van der Waals surface area (Å²) in [5.41, 5.74) is 9.73. The zero-order valence-electron chi connectivity index (χ0n) is 10.0. The van der Waals surface area contributed by atoms with Gasteiger partial charge in [-0.05, 0) is 37.3 Å². The highest BCUT2D eigenvalue weighted by Gasteiger charge is 2.31. The number of allylic oxidation sites excluding steroid dienone is 1. The molecule has 1 aliphatic heterocycles. The van der Waals surface area contributed by atoms with E-state index >= 15 is 0 Å². The van der Waals surface area contributed by atoms with Gasteiger partial charge in [-0.1, -0.05) is 5.11 Å². The zero-order chi connectivity index (χ0) is 12.3. The first-order chi connectivity index (χ1) is 8.26. The van der Waals surface area contributed by atoms with Gasteiger partial charge in [-0.15, -0.1) is 0 Å². The van der Waals surface area contributed by atoms with E-state index in [-0.39, 0.29) is 6.04 Å². The highest BCUT2D eigenvalue weighted by atomic mass is 16.5. The van der Waals surface area contributed by atoms with Crippen molar-refractivity contribution in [2.75, 3.05) is 19.7 Å². The molecule has 2 rings (SSSR count). The van der Waals surface area contributed by atoms with Gasteiger partial charge in [0.2, 0.25) is 0 Å². The van der Waals surface area contributed by atoms with Crippen LogP contribution in [-0.4, -0.2) is 41.8 Å². The molecule has 2 aliphatic rings. The number of piperidine rings is 1. The van der Waals surface area contributed by atoms with Gasteiger partial charge in [0.05, 0.1) is 18.8 Å². The number of aliphatic hydroxyl groups is 1. The number of β-amino-alcohol motifs (C(OH)–C–C–N with tert-alkyl or cyclic N) is 1. The number of hydrogen-bond donors (Lipinski definition) is 1. The summed E-state index contributed by atoms with van der Waals surface area (Å²) in [6, 6.07) is -0.302. The summed E-state index contributed by atoms with van der Waals surface area (Å²) < 4.78 is 5.64. The lowest BCUT2D eigenvalue weighted by atomic mass is 10.0. The number of rotatable bonds is 4. The molecule has 1 aliphatic carbocycles. The first-order valence-corrected chi connectivity index (χ1v) is 6.08. The fourth-order valence-electron chi connectivity index (χ4n) is 2.13. The van der Waals surface area contributed by atoms with Crippen LogP contribution in [0.25, 0.3) is 10.4 Å². The summed E-state index contributed by atoms with van der Waals surface area (Å²) in [7, 11) is 0. The van der Waals surface area contributed by atoms with Crippen molar-refractivity contribution < 1.29 is 9.84 Å². The van der Waals surface area contributed by atoms with Crippen LogP contribution >= 0.6 is 0 Å². The summed E-state index contributed by atoms with van der Waals surface area (Å²) in [6.07, 6.45) is 2.27. The largest absolute Gasteiger partial charge is 0.479 e. The summed E-state index contributed by atoms with van der Waals surface area (Å²) >= 11 is 0. The quantitative estimate of drug-likeness (QED) is 0.351. The van der Waals surface area contributed by atoms with Crippen molar-refractivity contribution in [2.45, 2.75) is 38.3 Å². The molecule has 0 aromatic heterocycles. The van der Waals surface area contributed by atoms with Crippen LogP contribution in [0.5, 0.6) is 0 Å². The molecule has 0 bridgehead atoms. The molecular weight excluding hydrogens is 220 g/mol. The smallest absolute Gasteiger partial charge is 0.188 e. The Bertz CT molecular complexity index is 356. The van der Waals surface area contributed by atoms with Gasteiger partial charge >= 0.3 is 0 Å². The van der Waals surface area contributed by atoms with Crippen LogP contribution in [0.15, 0.2) is 16.6 Å². The highest BCUT2D eigenvalue weighted by Crippen LogP contribution is 2.34. The minimum atomic E-state index is -0.602. The van der Waals surface area contributed by atoms with Crippen LogP contribution in [0.2, 0.25) is 0 Å². The van der Waals surface area contributed by atoms with E-state index in [0.717, 1.165) is 25.3 Å². The number of nitrogens with zero attached hydrogens (tertiary/aromatic N) is 4. The second-order valence-corrected chi connectivity index (χ2v) is 4.42. The lowest BCUT2D eigenvalue weighted by molar-refractivity contribution is 0.0285. The lowest BCUT2D eigenvalue weighted by Crippen LogP contribution is -2.45. The van der Waals surface area contributed by atoms with Crippen molar-refractivity contribution in [3.05, 3.63) is 21.9 Å². The first-order valence-electron chi connectivity index (χ1n) is 6.08.